The molecule has 3 rings (SSSR count). The van der Waals surface area contributed by atoms with Crippen molar-refractivity contribution in [3.05, 3.63) is 83.2 Å². The van der Waals surface area contributed by atoms with Crippen LogP contribution in [-0.2, 0) is 13.2 Å². The number of Topliss-reactive ketones (excluding diaryl/α,β-unsaturated/α-hetero) is 1. The van der Waals surface area contributed by atoms with E-state index < -0.39 is 0 Å². The smallest absolute Gasteiger partial charge is 0.192 e. The Kier molecular flexibility index (Phi) is 6.88. The lowest BCUT2D eigenvalue weighted by Crippen LogP contribution is -2.09. The van der Waals surface area contributed by atoms with E-state index in [1.165, 1.54) is 11.8 Å². The topological polar surface area (TPSA) is 57.0 Å². The van der Waals surface area contributed by atoms with E-state index >= 15 is 0 Å². The molecule has 0 radical (unpaired) electrons. The molecule has 0 spiro atoms. The third-order valence-electron chi connectivity index (χ3n) is 4.49. The minimum atomic E-state index is 0.0851. The summed E-state index contributed by atoms with van der Waals surface area (Å²) in [7, 11) is 0. The summed E-state index contributed by atoms with van der Waals surface area (Å²) in [5.41, 5.74) is 3.96. The first-order valence-corrected chi connectivity index (χ1v) is 10.4. The highest BCUT2D eigenvalue weighted by molar-refractivity contribution is 7.99. The van der Waals surface area contributed by atoms with Crippen molar-refractivity contribution in [2.24, 2.45) is 0 Å². The molecule has 2 aromatic carbocycles. The molecule has 29 heavy (non-hydrogen) atoms. The van der Waals surface area contributed by atoms with Crippen LogP contribution in [0, 0.1) is 20.8 Å². The number of carbonyl (C=O) groups is 1. The number of hydrogen-bond acceptors (Lipinski definition) is 5. The predicted octanol–water partition coefficient (Wildman–Crippen LogP) is 4.94. The molecule has 6 heteroatoms. The van der Waals surface area contributed by atoms with Gasteiger partial charge in [0.2, 0.25) is 0 Å². The van der Waals surface area contributed by atoms with E-state index in [4.69, 9.17) is 4.74 Å². The van der Waals surface area contributed by atoms with E-state index in [2.05, 4.69) is 16.8 Å². The lowest BCUT2D eigenvalue weighted by Gasteiger charge is -2.10. The first-order chi connectivity index (χ1) is 14.0. The Morgan fingerprint density at radius 2 is 1.93 bits per heavy atom. The van der Waals surface area contributed by atoms with Crippen LogP contribution in [0.15, 0.2) is 60.3 Å². The quantitative estimate of drug-likeness (QED) is 0.286. The molecule has 0 unspecified atom stereocenters. The molecule has 0 saturated carbocycles. The summed E-state index contributed by atoms with van der Waals surface area (Å²) in [5, 5.41) is 9.22. The number of carbonyl (C=O) groups excluding carboxylic acids is 1. The van der Waals surface area contributed by atoms with Crippen molar-refractivity contribution >= 4 is 17.5 Å². The van der Waals surface area contributed by atoms with Gasteiger partial charge in [-0.25, -0.2) is 0 Å². The normalized spacial score (nSPS) is 10.7. The van der Waals surface area contributed by atoms with Crippen molar-refractivity contribution in [2.75, 3.05) is 5.75 Å². The lowest BCUT2D eigenvalue weighted by atomic mass is 10.0. The molecular formula is C23H25N3O2S. The first-order valence-electron chi connectivity index (χ1n) is 9.43. The van der Waals surface area contributed by atoms with Gasteiger partial charge in [0, 0.05) is 12.1 Å². The summed E-state index contributed by atoms with van der Waals surface area (Å²) in [6, 6.07) is 13.8. The van der Waals surface area contributed by atoms with Crippen molar-refractivity contribution in [3.8, 4) is 5.75 Å². The number of aryl methyl sites for hydroxylation is 3. The minimum Gasteiger partial charge on any atom is -0.486 e. The standard InChI is InChI=1S/C23H25N3O2S/c1-5-11-26-22(14-28-19-8-6-7-16(2)12-19)24-25-23(26)29-15-21(27)20-13-17(3)9-10-18(20)4/h5-10,12-13H,1,11,14-15H2,2-4H3. The maximum absolute atomic E-state index is 12.7. The second kappa shape index (κ2) is 9.56. The molecule has 5 nitrogen and oxygen atoms in total. The van der Waals surface area contributed by atoms with Gasteiger partial charge in [-0.3, -0.25) is 9.36 Å². The average molecular weight is 408 g/mol. The summed E-state index contributed by atoms with van der Waals surface area (Å²) in [6.07, 6.45) is 1.79. The summed E-state index contributed by atoms with van der Waals surface area (Å²) in [4.78, 5) is 12.7. The molecule has 1 aromatic heterocycles. The fourth-order valence-electron chi connectivity index (χ4n) is 2.94. The lowest BCUT2D eigenvalue weighted by molar-refractivity contribution is 0.102. The molecule has 150 valence electrons. The average Bonchev–Trinajstić information content (AvgIpc) is 3.08. The minimum absolute atomic E-state index is 0.0851. The number of thioether (sulfide) groups is 1. The molecule has 0 amide bonds. The van der Waals surface area contributed by atoms with Crippen molar-refractivity contribution < 1.29 is 9.53 Å². The Labute approximate surface area is 175 Å². The van der Waals surface area contributed by atoms with Gasteiger partial charge in [0.25, 0.3) is 0 Å². The van der Waals surface area contributed by atoms with Gasteiger partial charge in [-0.05, 0) is 50.1 Å². The molecule has 0 bridgehead atoms. The zero-order chi connectivity index (χ0) is 20.8. The van der Waals surface area contributed by atoms with Gasteiger partial charge in [0.05, 0.1) is 5.75 Å². The van der Waals surface area contributed by atoms with Crippen LogP contribution in [-0.4, -0.2) is 26.3 Å². The van der Waals surface area contributed by atoms with Crippen LogP contribution < -0.4 is 4.74 Å². The first kappa shape index (κ1) is 20.9. The number of nitrogens with zero attached hydrogens (tertiary/aromatic N) is 3. The predicted molar refractivity (Wildman–Crippen MR) is 117 cm³/mol. The molecule has 1 heterocycles. The van der Waals surface area contributed by atoms with E-state index in [1.807, 2.05) is 67.8 Å². The van der Waals surface area contributed by atoms with Crippen LogP contribution in [0.3, 0.4) is 0 Å². The van der Waals surface area contributed by atoms with Crippen molar-refractivity contribution in [1.82, 2.24) is 14.8 Å². The van der Waals surface area contributed by atoms with Gasteiger partial charge >= 0.3 is 0 Å². The van der Waals surface area contributed by atoms with Crippen LogP contribution in [0.5, 0.6) is 5.75 Å². The second-order valence-electron chi connectivity index (χ2n) is 6.93. The number of hydrogen-bond donors (Lipinski definition) is 0. The van der Waals surface area contributed by atoms with Crippen LogP contribution in [0.25, 0.3) is 0 Å². The number of rotatable bonds is 9. The van der Waals surface area contributed by atoms with E-state index in [-0.39, 0.29) is 5.78 Å². The molecule has 0 aliphatic carbocycles. The van der Waals surface area contributed by atoms with Gasteiger partial charge < -0.3 is 4.74 Å². The van der Waals surface area contributed by atoms with Gasteiger partial charge in [-0.15, -0.1) is 16.8 Å². The largest absolute Gasteiger partial charge is 0.486 e. The molecule has 0 fully saturated rings. The van der Waals surface area contributed by atoms with Crippen molar-refractivity contribution in [2.45, 2.75) is 39.1 Å². The van der Waals surface area contributed by atoms with Gasteiger partial charge in [0.1, 0.15) is 12.4 Å². The number of aromatic nitrogens is 3. The van der Waals surface area contributed by atoms with Gasteiger partial charge in [-0.1, -0.05) is 47.7 Å². The van der Waals surface area contributed by atoms with Crippen LogP contribution in [0.1, 0.15) is 32.9 Å². The summed E-state index contributed by atoms with van der Waals surface area (Å²) < 4.78 is 7.80. The summed E-state index contributed by atoms with van der Waals surface area (Å²) in [5.74, 6) is 1.88. The highest BCUT2D eigenvalue weighted by Crippen LogP contribution is 2.22. The van der Waals surface area contributed by atoms with Crippen molar-refractivity contribution in [3.63, 3.8) is 0 Å². The third kappa shape index (κ3) is 5.35. The number of ether oxygens (including phenoxy) is 1. The Morgan fingerprint density at radius 1 is 1.14 bits per heavy atom. The Bertz CT molecular complexity index is 1030. The summed E-state index contributed by atoms with van der Waals surface area (Å²) in [6.45, 7) is 10.6. The summed E-state index contributed by atoms with van der Waals surface area (Å²) >= 11 is 1.39. The maximum atomic E-state index is 12.7. The highest BCUT2D eigenvalue weighted by Gasteiger charge is 2.16. The molecule has 0 atom stereocenters. The van der Waals surface area contributed by atoms with E-state index in [1.54, 1.807) is 6.08 Å². The molecule has 0 aliphatic heterocycles. The van der Waals surface area contributed by atoms with E-state index in [0.717, 1.165) is 28.0 Å². The Balaban J connectivity index is 1.70. The third-order valence-corrected chi connectivity index (χ3v) is 5.46. The number of allylic oxidation sites excluding steroid dienone is 1. The van der Waals surface area contributed by atoms with E-state index in [9.17, 15) is 4.79 Å². The SMILES string of the molecule is C=CCn1c(COc2cccc(C)c2)nnc1SCC(=O)c1cc(C)ccc1C. The zero-order valence-corrected chi connectivity index (χ0v) is 17.8. The molecule has 3 aromatic rings. The Morgan fingerprint density at radius 3 is 2.69 bits per heavy atom. The molecule has 0 N–H and O–H groups in total. The number of benzene rings is 2. The molecule has 0 saturated heterocycles. The van der Waals surface area contributed by atoms with Crippen LogP contribution in [0.2, 0.25) is 0 Å². The van der Waals surface area contributed by atoms with Crippen LogP contribution in [0.4, 0.5) is 0 Å². The molecular weight excluding hydrogens is 382 g/mol. The second-order valence-corrected chi connectivity index (χ2v) is 7.88. The highest BCUT2D eigenvalue weighted by atomic mass is 32.2. The fourth-order valence-corrected chi connectivity index (χ4v) is 3.79. The van der Waals surface area contributed by atoms with Gasteiger partial charge in [-0.2, -0.15) is 0 Å². The fraction of sp³-hybridized carbons (Fsp3) is 0.261. The van der Waals surface area contributed by atoms with E-state index in [0.29, 0.717) is 29.9 Å². The Hall–Kier alpha value is -2.86. The molecule has 0 aliphatic rings. The number of ketones is 1. The van der Waals surface area contributed by atoms with Crippen molar-refractivity contribution in [1.29, 1.82) is 0 Å². The van der Waals surface area contributed by atoms with Gasteiger partial charge in [0.15, 0.2) is 16.8 Å². The monoisotopic (exact) mass is 407 g/mol. The maximum Gasteiger partial charge on any atom is 0.192 e. The van der Waals surface area contributed by atoms with Crippen LogP contribution >= 0.6 is 11.8 Å². The zero-order valence-electron chi connectivity index (χ0n) is 17.0.